The van der Waals surface area contributed by atoms with E-state index in [1.807, 2.05) is 12.4 Å². The lowest BCUT2D eigenvalue weighted by Crippen LogP contribution is -2.38. The lowest BCUT2D eigenvalue weighted by atomic mass is 9.61. The van der Waals surface area contributed by atoms with Crippen molar-refractivity contribution in [1.82, 2.24) is 4.23 Å². The minimum Gasteiger partial charge on any atom is -0.423 e. The van der Waals surface area contributed by atoms with Crippen LogP contribution in [0.4, 0.5) is 0 Å². The van der Waals surface area contributed by atoms with Crippen LogP contribution in [0.15, 0.2) is 18.5 Å². The fraction of sp³-hybridized carbons (Fsp3) is 0.750. The first-order valence-electron chi connectivity index (χ1n) is 7.99. The minimum absolute atomic E-state index is 0.374. The molecule has 1 heterocycles. The first-order valence-corrected chi connectivity index (χ1v) is 9.15. The van der Waals surface area contributed by atoms with E-state index >= 15 is 0 Å². The molecule has 5 heteroatoms. The van der Waals surface area contributed by atoms with Crippen LogP contribution in [-0.2, 0) is 0 Å². The lowest BCUT2D eigenvalue weighted by molar-refractivity contribution is 0.0446. The van der Waals surface area contributed by atoms with Gasteiger partial charge in [0, 0.05) is 0 Å². The molecular formula is C16H30BNO2Si. The molecule has 0 saturated heterocycles. The van der Waals surface area contributed by atoms with Gasteiger partial charge in [-0.3, -0.25) is 0 Å². The first-order chi connectivity index (χ1) is 9.71. The largest absolute Gasteiger partial charge is 0.489 e. The van der Waals surface area contributed by atoms with Crippen molar-refractivity contribution in [2.75, 3.05) is 0 Å². The molecule has 0 unspecified atom stereocenters. The SMILES string of the molecule is CC(C)C(CC[Si]n1ccc(B(O)O)c1)(C(C)C)C(C)C. The summed E-state index contributed by atoms with van der Waals surface area (Å²) in [4.78, 5) is 0. The molecule has 1 aromatic heterocycles. The fourth-order valence-corrected chi connectivity index (χ4v) is 5.15. The van der Waals surface area contributed by atoms with Crippen molar-refractivity contribution in [3.63, 3.8) is 0 Å². The van der Waals surface area contributed by atoms with Gasteiger partial charge in [-0.15, -0.1) is 0 Å². The third kappa shape index (κ3) is 4.24. The number of nitrogens with zero attached hydrogens (tertiary/aromatic N) is 1. The Kier molecular flexibility index (Phi) is 6.76. The molecule has 21 heavy (non-hydrogen) atoms. The van der Waals surface area contributed by atoms with Gasteiger partial charge in [-0.25, -0.2) is 0 Å². The van der Waals surface area contributed by atoms with E-state index in [-0.39, 0.29) is 0 Å². The molecule has 0 aliphatic carbocycles. The number of hydrogen-bond donors (Lipinski definition) is 2. The van der Waals surface area contributed by atoms with Crippen LogP contribution < -0.4 is 5.46 Å². The highest BCUT2D eigenvalue weighted by Gasteiger charge is 2.39. The molecule has 0 bridgehead atoms. The summed E-state index contributed by atoms with van der Waals surface area (Å²) in [6.07, 6.45) is 4.99. The van der Waals surface area contributed by atoms with Gasteiger partial charge in [0.1, 0.15) is 0 Å². The summed E-state index contributed by atoms with van der Waals surface area (Å²) in [5.74, 6) is 2.00. The Morgan fingerprint density at radius 2 is 1.62 bits per heavy atom. The summed E-state index contributed by atoms with van der Waals surface area (Å²) < 4.78 is 2.08. The van der Waals surface area contributed by atoms with Crippen LogP contribution in [0.25, 0.3) is 0 Å². The molecule has 2 N–H and O–H groups in total. The minimum atomic E-state index is -1.36. The van der Waals surface area contributed by atoms with Gasteiger partial charge in [-0.1, -0.05) is 41.5 Å². The molecule has 0 spiro atoms. The maximum atomic E-state index is 9.16. The summed E-state index contributed by atoms with van der Waals surface area (Å²) >= 11 is 0. The summed E-state index contributed by atoms with van der Waals surface area (Å²) in [6.45, 7) is 14.1. The number of aromatic nitrogens is 1. The van der Waals surface area contributed by atoms with Crippen LogP contribution in [-0.4, -0.2) is 31.1 Å². The zero-order valence-corrected chi connectivity index (χ0v) is 15.3. The molecule has 118 valence electrons. The zero-order chi connectivity index (χ0) is 16.2. The van der Waals surface area contributed by atoms with Crippen LogP contribution in [0, 0.1) is 23.2 Å². The van der Waals surface area contributed by atoms with Crippen molar-refractivity contribution in [2.24, 2.45) is 23.2 Å². The maximum absolute atomic E-state index is 9.16. The Morgan fingerprint density at radius 3 is 2.00 bits per heavy atom. The third-order valence-corrected chi connectivity index (χ3v) is 6.21. The average molecular weight is 307 g/mol. The molecule has 0 fully saturated rings. The molecule has 2 radical (unpaired) electrons. The molecule has 0 aromatic carbocycles. The summed E-state index contributed by atoms with van der Waals surface area (Å²) in [5, 5.41) is 18.3. The predicted molar refractivity (Wildman–Crippen MR) is 91.8 cm³/mol. The first kappa shape index (κ1) is 18.5. The highest BCUT2D eigenvalue weighted by atomic mass is 28.2. The van der Waals surface area contributed by atoms with Crippen molar-refractivity contribution in [3.05, 3.63) is 18.5 Å². The Morgan fingerprint density at radius 1 is 1.10 bits per heavy atom. The van der Waals surface area contributed by atoms with Gasteiger partial charge in [0.05, 0.1) is 0 Å². The highest BCUT2D eigenvalue weighted by Crippen LogP contribution is 2.46. The van der Waals surface area contributed by atoms with Gasteiger partial charge in [-0.2, -0.15) is 0 Å². The summed E-state index contributed by atoms with van der Waals surface area (Å²) in [6, 6.07) is 2.92. The second-order valence-corrected chi connectivity index (χ2v) is 8.29. The highest BCUT2D eigenvalue weighted by molar-refractivity contribution is 6.58. The Balaban J connectivity index is 2.69. The quantitative estimate of drug-likeness (QED) is 0.724. The van der Waals surface area contributed by atoms with Gasteiger partial charge < -0.3 is 14.3 Å². The van der Waals surface area contributed by atoms with Crippen LogP contribution in [0.5, 0.6) is 0 Å². The molecular weight excluding hydrogens is 277 g/mol. The molecule has 1 rings (SSSR count). The standard InChI is InChI=1S/C16H30BNO2Si/c1-12(2)16(13(3)4,14(5)6)8-10-21-18-9-7-15(11-18)17(19)20/h7,9,11-14,19-20H,8,10H2,1-6H3. The van der Waals surface area contributed by atoms with Gasteiger partial charge in [0.25, 0.3) is 0 Å². The Labute approximate surface area is 132 Å². The summed E-state index contributed by atoms with van der Waals surface area (Å²) in [5.41, 5.74) is 0.949. The van der Waals surface area contributed by atoms with Crippen molar-refractivity contribution in [3.8, 4) is 0 Å². The van der Waals surface area contributed by atoms with Crippen LogP contribution in [0.1, 0.15) is 48.0 Å². The second-order valence-electron chi connectivity index (χ2n) is 6.96. The predicted octanol–water partition coefficient (Wildman–Crippen LogP) is 2.40. The van der Waals surface area contributed by atoms with Gasteiger partial charge >= 0.3 is 7.12 Å². The van der Waals surface area contributed by atoms with Gasteiger partial charge in [0.2, 0.25) is 0 Å². The Bertz CT molecular complexity index is 408. The van der Waals surface area contributed by atoms with E-state index in [1.165, 1.54) is 6.42 Å². The topological polar surface area (TPSA) is 45.4 Å². The van der Waals surface area contributed by atoms with Gasteiger partial charge in [0.15, 0.2) is 9.68 Å². The van der Waals surface area contributed by atoms with E-state index < -0.39 is 7.12 Å². The molecule has 1 aromatic rings. The van der Waals surface area contributed by atoms with Gasteiger partial charge in [-0.05, 0) is 59.6 Å². The van der Waals surface area contributed by atoms with E-state index in [1.54, 1.807) is 6.07 Å². The van der Waals surface area contributed by atoms with Crippen molar-refractivity contribution in [2.45, 2.75) is 54.0 Å². The van der Waals surface area contributed by atoms with Crippen molar-refractivity contribution >= 4 is 22.3 Å². The molecule has 3 nitrogen and oxygen atoms in total. The second kappa shape index (κ2) is 7.66. The molecule has 0 aliphatic rings. The average Bonchev–Trinajstić information content (AvgIpc) is 2.82. The molecule has 0 atom stereocenters. The smallest absolute Gasteiger partial charge is 0.423 e. The van der Waals surface area contributed by atoms with Crippen LogP contribution in [0.3, 0.4) is 0 Å². The monoisotopic (exact) mass is 307 g/mol. The van der Waals surface area contributed by atoms with E-state index in [0.29, 0.717) is 38.3 Å². The fourth-order valence-electron chi connectivity index (χ4n) is 3.93. The van der Waals surface area contributed by atoms with E-state index in [9.17, 15) is 0 Å². The Hall–Kier alpha value is -0.518. The van der Waals surface area contributed by atoms with Crippen molar-refractivity contribution in [1.29, 1.82) is 0 Å². The van der Waals surface area contributed by atoms with Crippen molar-refractivity contribution < 1.29 is 10.0 Å². The van der Waals surface area contributed by atoms with E-state index in [4.69, 9.17) is 10.0 Å². The van der Waals surface area contributed by atoms with Crippen LogP contribution >= 0.6 is 0 Å². The summed E-state index contributed by atoms with van der Waals surface area (Å²) in [7, 11) is -0.700. The molecule has 0 aliphatic heterocycles. The third-order valence-electron chi connectivity index (χ3n) is 5.09. The normalized spacial score (nSPS) is 12.7. The molecule has 0 amide bonds. The molecule has 0 saturated carbocycles. The van der Waals surface area contributed by atoms with E-state index in [0.717, 1.165) is 6.04 Å². The zero-order valence-electron chi connectivity index (χ0n) is 14.3. The maximum Gasteiger partial charge on any atom is 0.489 e. The lowest BCUT2D eigenvalue weighted by Gasteiger charge is -2.45. The number of hydrogen-bond acceptors (Lipinski definition) is 2. The van der Waals surface area contributed by atoms with E-state index in [2.05, 4.69) is 45.8 Å². The van der Waals surface area contributed by atoms with Crippen LogP contribution in [0.2, 0.25) is 6.04 Å². The number of rotatable bonds is 8.